The quantitative estimate of drug-likeness (QED) is 0.831. The van der Waals surface area contributed by atoms with E-state index in [1.54, 1.807) is 48.7 Å². The molecule has 0 spiro atoms. The largest absolute Gasteiger partial charge is 0.480 e. The fourth-order valence-corrected chi connectivity index (χ4v) is 2.50. The minimum atomic E-state index is -1.00. The van der Waals surface area contributed by atoms with Gasteiger partial charge in [-0.15, -0.1) is 0 Å². The van der Waals surface area contributed by atoms with Crippen LogP contribution >= 0.6 is 0 Å². The summed E-state index contributed by atoms with van der Waals surface area (Å²) in [6.45, 7) is 1.70. The second-order valence-corrected chi connectivity index (χ2v) is 5.68. The molecule has 0 unspecified atom stereocenters. The molecule has 2 rings (SSSR count). The third kappa shape index (κ3) is 3.84. The number of carbonyl (C=O) groups is 2. The number of ketones is 1. The van der Waals surface area contributed by atoms with E-state index in [-0.39, 0.29) is 24.7 Å². The molecule has 2 aromatic rings. The lowest BCUT2D eigenvalue weighted by Gasteiger charge is -2.10. The average molecular weight is 318 g/mol. The number of rotatable bonds is 6. The van der Waals surface area contributed by atoms with E-state index in [1.165, 1.54) is 12.1 Å². The number of benzene rings is 1. The lowest BCUT2D eigenvalue weighted by Crippen LogP contribution is -2.22. The molecule has 5 nitrogen and oxygen atoms in total. The van der Waals surface area contributed by atoms with Gasteiger partial charge in [-0.3, -0.25) is 9.59 Å². The number of aromatic nitrogens is 1. The number of hydrogen-bond donors (Lipinski definition) is 1. The van der Waals surface area contributed by atoms with Crippen molar-refractivity contribution >= 4 is 11.8 Å². The van der Waals surface area contributed by atoms with E-state index in [1.807, 2.05) is 0 Å². The molecule has 0 fully saturated rings. The first-order valence-electron chi connectivity index (χ1n) is 7.15. The van der Waals surface area contributed by atoms with E-state index in [2.05, 4.69) is 0 Å². The van der Waals surface area contributed by atoms with Crippen LogP contribution in [0.2, 0.25) is 0 Å². The van der Waals surface area contributed by atoms with Gasteiger partial charge in [0.1, 0.15) is 12.4 Å². The Bertz CT molecular complexity index is 733. The number of carboxylic acids is 1. The highest BCUT2D eigenvalue weighted by Gasteiger charge is 2.20. The van der Waals surface area contributed by atoms with E-state index < -0.39 is 5.97 Å². The van der Waals surface area contributed by atoms with Gasteiger partial charge in [0.25, 0.3) is 0 Å². The molecule has 0 saturated heterocycles. The molecule has 0 atom stereocenters. The molecule has 1 heterocycles. The predicted octanol–water partition coefficient (Wildman–Crippen LogP) is 2.43. The highest BCUT2D eigenvalue weighted by Crippen LogP contribution is 2.26. The standard InChI is InChI=1S/C17H19FN2O3/c1-11-14(16(21)9-19(2)3)8-15(20(11)10-17(22)23)12-4-6-13(18)7-5-12/h4-8H,9-10H2,1-3H3,(H,22,23). The summed E-state index contributed by atoms with van der Waals surface area (Å²) in [4.78, 5) is 25.2. The Morgan fingerprint density at radius 3 is 2.35 bits per heavy atom. The fourth-order valence-electron chi connectivity index (χ4n) is 2.50. The zero-order chi connectivity index (χ0) is 17.1. The van der Waals surface area contributed by atoms with Crippen LogP contribution < -0.4 is 0 Å². The lowest BCUT2D eigenvalue weighted by atomic mass is 10.1. The average Bonchev–Trinajstić information content (AvgIpc) is 2.76. The van der Waals surface area contributed by atoms with E-state index in [0.717, 1.165) is 0 Å². The second kappa shape index (κ2) is 6.75. The summed E-state index contributed by atoms with van der Waals surface area (Å²) >= 11 is 0. The third-order valence-corrected chi connectivity index (χ3v) is 3.56. The fraction of sp³-hybridized carbons (Fsp3) is 0.294. The van der Waals surface area contributed by atoms with Crippen LogP contribution in [0.1, 0.15) is 16.1 Å². The molecule has 1 aromatic carbocycles. The Morgan fingerprint density at radius 2 is 1.83 bits per heavy atom. The van der Waals surface area contributed by atoms with Crippen molar-refractivity contribution in [1.29, 1.82) is 0 Å². The second-order valence-electron chi connectivity index (χ2n) is 5.68. The Hall–Kier alpha value is -2.47. The molecule has 1 N–H and O–H groups in total. The summed E-state index contributed by atoms with van der Waals surface area (Å²) in [5, 5.41) is 9.13. The summed E-state index contributed by atoms with van der Waals surface area (Å²) in [6, 6.07) is 7.44. The first-order chi connectivity index (χ1) is 10.8. The van der Waals surface area contributed by atoms with Crippen molar-refractivity contribution in [1.82, 2.24) is 9.47 Å². The molecule has 122 valence electrons. The molecular weight excluding hydrogens is 299 g/mol. The van der Waals surface area contributed by atoms with Gasteiger partial charge in [0.05, 0.1) is 6.54 Å². The van der Waals surface area contributed by atoms with Crippen LogP contribution in [0.25, 0.3) is 11.3 Å². The Kier molecular flexibility index (Phi) is 4.95. The van der Waals surface area contributed by atoms with Crippen LogP contribution in [0.15, 0.2) is 30.3 Å². The summed E-state index contributed by atoms with van der Waals surface area (Å²) in [5.41, 5.74) is 2.34. The van der Waals surface area contributed by atoms with E-state index in [0.29, 0.717) is 22.5 Å². The number of Topliss-reactive ketones (excluding diaryl/α,β-unsaturated/α-hetero) is 1. The number of carboxylic acid groups (broad SMARTS) is 1. The molecule has 0 radical (unpaired) electrons. The summed E-state index contributed by atoms with van der Waals surface area (Å²) in [5.74, 6) is -1.45. The molecule has 0 aliphatic heterocycles. The monoisotopic (exact) mass is 318 g/mol. The van der Waals surface area contributed by atoms with Gasteiger partial charge in [-0.25, -0.2) is 4.39 Å². The van der Waals surface area contributed by atoms with Gasteiger partial charge in [0, 0.05) is 17.0 Å². The number of nitrogens with zero attached hydrogens (tertiary/aromatic N) is 2. The van der Waals surface area contributed by atoms with Crippen molar-refractivity contribution in [2.24, 2.45) is 0 Å². The van der Waals surface area contributed by atoms with Crippen LogP contribution in [0, 0.1) is 12.7 Å². The smallest absolute Gasteiger partial charge is 0.323 e. The van der Waals surface area contributed by atoms with Crippen molar-refractivity contribution in [3.63, 3.8) is 0 Å². The lowest BCUT2D eigenvalue weighted by molar-refractivity contribution is -0.137. The number of aliphatic carboxylic acids is 1. The molecule has 1 aromatic heterocycles. The SMILES string of the molecule is Cc1c(C(=O)CN(C)C)cc(-c2ccc(F)cc2)n1CC(=O)O. The topological polar surface area (TPSA) is 62.5 Å². The van der Waals surface area contributed by atoms with Gasteiger partial charge >= 0.3 is 5.97 Å². The molecule has 0 bridgehead atoms. The van der Waals surface area contributed by atoms with Gasteiger partial charge in [-0.1, -0.05) is 0 Å². The van der Waals surface area contributed by atoms with Gasteiger partial charge in [0.15, 0.2) is 5.78 Å². The van der Waals surface area contributed by atoms with E-state index in [9.17, 15) is 14.0 Å². The predicted molar refractivity (Wildman–Crippen MR) is 85.1 cm³/mol. The summed E-state index contributed by atoms with van der Waals surface area (Å²) in [6.07, 6.45) is 0. The van der Waals surface area contributed by atoms with Gasteiger partial charge in [0.2, 0.25) is 0 Å². The first kappa shape index (κ1) is 16.9. The van der Waals surface area contributed by atoms with Gasteiger partial charge in [-0.2, -0.15) is 0 Å². The molecule has 0 aliphatic rings. The van der Waals surface area contributed by atoms with Crippen LogP contribution in [-0.4, -0.2) is 47.0 Å². The minimum absolute atomic E-state index is 0.0833. The van der Waals surface area contributed by atoms with E-state index in [4.69, 9.17) is 5.11 Å². The van der Waals surface area contributed by atoms with E-state index >= 15 is 0 Å². The summed E-state index contributed by atoms with van der Waals surface area (Å²) in [7, 11) is 3.59. The highest BCUT2D eigenvalue weighted by atomic mass is 19.1. The Balaban J connectivity index is 2.53. The molecule has 0 saturated carbocycles. The zero-order valence-corrected chi connectivity index (χ0v) is 13.3. The molecule has 23 heavy (non-hydrogen) atoms. The zero-order valence-electron chi connectivity index (χ0n) is 13.3. The van der Waals surface area contributed by atoms with Crippen molar-refractivity contribution in [3.05, 3.63) is 47.4 Å². The first-order valence-corrected chi connectivity index (χ1v) is 7.15. The van der Waals surface area contributed by atoms with Crippen molar-refractivity contribution in [3.8, 4) is 11.3 Å². The number of halogens is 1. The molecule has 6 heteroatoms. The maximum Gasteiger partial charge on any atom is 0.323 e. The maximum absolute atomic E-state index is 13.1. The number of likely N-dealkylation sites (N-methyl/N-ethyl adjacent to an activating group) is 1. The number of hydrogen-bond acceptors (Lipinski definition) is 3. The van der Waals surface area contributed by atoms with Gasteiger partial charge in [-0.05, 0) is 56.9 Å². The molecule has 0 amide bonds. The van der Waals surface area contributed by atoms with Crippen molar-refractivity contribution < 1.29 is 19.1 Å². The Labute approximate surface area is 134 Å². The number of carbonyl (C=O) groups excluding carboxylic acids is 1. The minimum Gasteiger partial charge on any atom is -0.480 e. The van der Waals surface area contributed by atoms with Crippen LogP contribution in [0.4, 0.5) is 4.39 Å². The van der Waals surface area contributed by atoms with Gasteiger partial charge < -0.3 is 14.6 Å². The van der Waals surface area contributed by atoms with Crippen LogP contribution in [0.3, 0.4) is 0 Å². The molecule has 0 aliphatic carbocycles. The normalized spacial score (nSPS) is 11.0. The maximum atomic E-state index is 13.1. The highest BCUT2D eigenvalue weighted by molar-refractivity contribution is 6.00. The van der Waals surface area contributed by atoms with Crippen LogP contribution in [0.5, 0.6) is 0 Å². The van der Waals surface area contributed by atoms with Crippen molar-refractivity contribution in [2.45, 2.75) is 13.5 Å². The molecular formula is C17H19FN2O3. The Morgan fingerprint density at radius 1 is 1.22 bits per heavy atom. The van der Waals surface area contributed by atoms with Crippen LogP contribution in [-0.2, 0) is 11.3 Å². The van der Waals surface area contributed by atoms with Crippen molar-refractivity contribution in [2.75, 3.05) is 20.6 Å². The third-order valence-electron chi connectivity index (χ3n) is 3.56. The summed E-state index contributed by atoms with van der Waals surface area (Å²) < 4.78 is 14.7.